The molecule has 11 aromatic carbocycles. The smallest absolute Gasteiger partial charge is 0.0726 e. The Hall–Kier alpha value is -8.98. The first kappa shape index (κ1) is 39.2. The zero-order valence-corrected chi connectivity index (χ0v) is 37.8. The zero-order valence-electron chi connectivity index (χ0n) is 37.8. The lowest BCUT2D eigenvalue weighted by Gasteiger charge is -2.32. The largest absolute Gasteiger partial charge is 0.310 e. The number of rotatable bonds is 7. The molecule has 0 saturated carbocycles. The second-order valence-corrected chi connectivity index (χ2v) is 18.4. The molecule has 12 aromatic rings. The van der Waals surface area contributed by atoms with Crippen molar-refractivity contribution in [2.24, 2.45) is 0 Å². The maximum absolute atomic E-state index is 2.51. The highest BCUT2D eigenvalue weighted by molar-refractivity contribution is 6.10. The Balaban J connectivity index is 0.925. The number of aromatic nitrogens is 1. The van der Waals surface area contributed by atoms with Crippen LogP contribution in [0.4, 0.5) is 17.1 Å². The lowest BCUT2D eigenvalue weighted by Crippen LogP contribution is -2.26. The minimum absolute atomic E-state index is 0.532. The number of para-hydroxylation sites is 3. The number of anilines is 3. The summed E-state index contributed by atoms with van der Waals surface area (Å²) in [5.74, 6) is 0. The third-order valence-corrected chi connectivity index (χ3v) is 14.8. The maximum atomic E-state index is 2.51. The fraction of sp³-hybridized carbons (Fsp3) is 0.0149. The van der Waals surface area contributed by atoms with Crippen LogP contribution in [0.2, 0.25) is 0 Å². The van der Waals surface area contributed by atoms with Gasteiger partial charge in [0.1, 0.15) is 0 Å². The summed E-state index contributed by atoms with van der Waals surface area (Å²) < 4.78 is 2.39. The Labute approximate surface area is 402 Å². The quantitative estimate of drug-likeness (QED) is 0.155. The Bertz CT molecular complexity index is 3880. The van der Waals surface area contributed by atoms with Crippen LogP contribution in [0.15, 0.2) is 267 Å². The minimum atomic E-state index is -0.532. The Morgan fingerprint density at radius 2 is 0.696 bits per heavy atom. The second-order valence-electron chi connectivity index (χ2n) is 18.4. The third kappa shape index (κ3) is 5.99. The monoisotopic (exact) mass is 876 g/mol. The van der Waals surface area contributed by atoms with Gasteiger partial charge in [-0.05, 0) is 151 Å². The van der Waals surface area contributed by atoms with E-state index in [-0.39, 0.29) is 0 Å². The molecule has 2 aliphatic carbocycles. The van der Waals surface area contributed by atoms with Crippen molar-refractivity contribution in [2.45, 2.75) is 5.41 Å². The van der Waals surface area contributed by atoms with Gasteiger partial charge in [-0.15, -0.1) is 0 Å². The highest BCUT2D eigenvalue weighted by Gasteiger charge is 2.52. The summed E-state index contributed by atoms with van der Waals surface area (Å²) in [5.41, 5.74) is 24.1. The molecule has 69 heavy (non-hydrogen) atoms. The van der Waals surface area contributed by atoms with Crippen molar-refractivity contribution in [1.82, 2.24) is 4.57 Å². The normalized spacial score (nSPS) is 12.8. The van der Waals surface area contributed by atoms with Crippen LogP contribution in [0.1, 0.15) is 22.3 Å². The molecule has 0 unspecified atom stereocenters. The van der Waals surface area contributed by atoms with Gasteiger partial charge < -0.3 is 9.47 Å². The number of benzene rings is 11. The number of hydrogen-bond donors (Lipinski definition) is 0. The highest BCUT2D eigenvalue weighted by Crippen LogP contribution is 2.64. The molecular weight excluding hydrogens is 833 g/mol. The van der Waals surface area contributed by atoms with Crippen LogP contribution in [0, 0.1) is 0 Å². The summed E-state index contributed by atoms with van der Waals surface area (Å²) in [6, 6.07) is 98.5. The summed E-state index contributed by atoms with van der Waals surface area (Å²) in [5, 5.41) is 2.51. The first-order valence-electron chi connectivity index (χ1n) is 23.9. The first-order valence-corrected chi connectivity index (χ1v) is 23.9. The molecular formula is C67H44N2. The molecule has 1 spiro atoms. The van der Waals surface area contributed by atoms with Gasteiger partial charge >= 0.3 is 0 Å². The van der Waals surface area contributed by atoms with Crippen LogP contribution < -0.4 is 4.90 Å². The summed E-state index contributed by atoms with van der Waals surface area (Å²) in [7, 11) is 0. The molecule has 0 aliphatic heterocycles. The van der Waals surface area contributed by atoms with E-state index < -0.39 is 5.41 Å². The van der Waals surface area contributed by atoms with E-state index in [9.17, 15) is 0 Å². The Morgan fingerprint density at radius 3 is 1.38 bits per heavy atom. The highest BCUT2D eigenvalue weighted by atomic mass is 15.1. The van der Waals surface area contributed by atoms with Gasteiger partial charge in [0.2, 0.25) is 0 Å². The first-order chi connectivity index (χ1) is 34.2. The van der Waals surface area contributed by atoms with Crippen molar-refractivity contribution in [3.63, 3.8) is 0 Å². The van der Waals surface area contributed by atoms with Crippen molar-refractivity contribution in [3.05, 3.63) is 289 Å². The summed E-state index contributed by atoms with van der Waals surface area (Å²) >= 11 is 0. The van der Waals surface area contributed by atoms with Crippen LogP contribution in [-0.2, 0) is 5.41 Å². The fourth-order valence-corrected chi connectivity index (χ4v) is 11.8. The van der Waals surface area contributed by atoms with E-state index in [1.807, 2.05) is 0 Å². The predicted octanol–water partition coefficient (Wildman–Crippen LogP) is 17.6. The molecule has 2 aliphatic rings. The number of fused-ring (bicyclic) bond motifs is 13. The topological polar surface area (TPSA) is 8.17 Å². The van der Waals surface area contributed by atoms with Gasteiger partial charge in [0.05, 0.1) is 16.4 Å². The van der Waals surface area contributed by atoms with Gasteiger partial charge in [-0.3, -0.25) is 0 Å². The number of nitrogens with zero attached hydrogens (tertiary/aromatic N) is 2. The third-order valence-electron chi connectivity index (χ3n) is 14.8. The van der Waals surface area contributed by atoms with E-state index >= 15 is 0 Å². The molecule has 1 aromatic heterocycles. The standard InChI is InChI=1S/C67H44N2/c1-4-16-45(17-5-1)46-28-30-47(31-29-46)48-32-36-53(37-33-48)68(51-18-6-2-7-19-51)54-38-40-58-57-39-34-50(43-63(57)67(64(58)44-54)61-25-13-10-22-55(61)56-23-11-14-26-62(56)67)49-35-41-66-60(42-49)59-24-12-15-27-65(59)69(66)52-20-8-3-9-21-52/h1-44H. The molecule has 0 fully saturated rings. The van der Waals surface area contributed by atoms with Gasteiger partial charge in [-0.2, -0.15) is 0 Å². The lowest BCUT2D eigenvalue weighted by molar-refractivity contribution is 0.794. The van der Waals surface area contributed by atoms with E-state index in [4.69, 9.17) is 0 Å². The lowest BCUT2D eigenvalue weighted by atomic mass is 9.70. The second kappa shape index (κ2) is 15.6. The molecule has 0 atom stereocenters. The van der Waals surface area contributed by atoms with Gasteiger partial charge in [-0.25, -0.2) is 0 Å². The van der Waals surface area contributed by atoms with E-state index in [0.717, 1.165) is 17.1 Å². The number of hydrogen-bond acceptors (Lipinski definition) is 1. The maximum Gasteiger partial charge on any atom is 0.0726 e. The van der Waals surface area contributed by atoms with Crippen molar-refractivity contribution in [3.8, 4) is 61.3 Å². The molecule has 0 N–H and O–H groups in total. The molecule has 2 heteroatoms. The van der Waals surface area contributed by atoms with Crippen molar-refractivity contribution < 1.29 is 0 Å². The van der Waals surface area contributed by atoms with Crippen molar-refractivity contribution in [1.29, 1.82) is 0 Å². The SMILES string of the molecule is c1ccc(-c2ccc(-c3ccc(N(c4ccccc4)c4ccc5c(c4)C4(c6ccccc6-c6ccccc64)c4cc(-c6ccc7c(c6)c6ccccc6n7-c6ccccc6)ccc4-5)cc3)cc2)cc1. The molecule has 322 valence electrons. The molecule has 14 rings (SSSR count). The van der Waals surface area contributed by atoms with Crippen LogP contribution in [-0.4, -0.2) is 4.57 Å². The predicted molar refractivity (Wildman–Crippen MR) is 288 cm³/mol. The Kier molecular flexibility index (Phi) is 8.84. The van der Waals surface area contributed by atoms with Crippen LogP contribution in [0.5, 0.6) is 0 Å². The van der Waals surface area contributed by atoms with Crippen LogP contribution >= 0.6 is 0 Å². The fourth-order valence-electron chi connectivity index (χ4n) is 11.8. The van der Waals surface area contributed by atoms with Crippen molar-refractivity contribution >= 4 is 38.9 Å². The summed E-state index contributed by atoms with van der Waals surface area (Å²) in [6.45, 7) is 0. The molecule has 0 radical (unpaired) electrons. The Morgan fingerprint density at radius 1 is 0.261 bits per heavy atom. The van der Waals surface area contributed by atoms with E-state index in [1.54, 1.807) is 0 Å². The molecule has 0 amide bonds. The van der Waals surface area contributed by atoms with Crippen molar-refractivity contribution in [2.75, 3.05) is 4.90 Å². The average Bonchev–Trinajstić information content (AvgIpc) is 4.03. The van der Waals surface area contributed by atoms with E-state index in [2.05, 4.69) is 276 Å². The van der Waals surface area contributed by atoms with Gasteiger partial charge in [-0.1, -0.05) is 194 Å². The molecule has 0 bridgehead atoms. The van der Waals surface area contributed by atoms with Gasteiger partial charge in [0, 0.05) is 33.5 Å². The molecule has 0 saturated heterocycles. The van der Waals surface area contributed by atoms with E-state index in [1.165, 1.54) is 105 Å². The zero-order chi connectivity index (χ0) is 45.5. The van der Waals surface area contributed by atoms with E-state index in [0.29, 0.717) is 0 Å². The summed E-state index contributed by atoms with van der Waals surface area (Å²) in [6.07, 6.45) is 0. The minimum Gasteiger partial charge on any atom is -0.310 e. The van der Waals surface area contributed by atoms with Gasteiger partial charge in [0.15, 0.2) is 0 Å². The van der Waals surface area contributed by atoms with Crippen LogP contribution in [0.3, 0.4) is 0 Å². The van der Waals surface area contributed by atoms with Gasteiger partial charge in [0.25, 0.3) is 0 Å². The average molecular weight is 877 g/mol. The molecule has 2 nitrogen and oxygen atoms in total. The molecule has 1 heterocycles. The van der Waals surface area contributed by atoms with Crippen LogP contribution in [0.25, 0.3) is 83.1 Å². The summed E-state index contributed by atoms with van der Waals surface area (Å²) in [4.78, 5) is 2.42.